The average molecular weight is 188 g/mol. The van der Waals surface area contributed by atoms with Crippen LogP contribution in [0.5, 0.6) is 0 Å². The second kappa shape index (κ2) is 4.78. The molecule has 0 aliphatic rings. The van der Waals surface area contributed by atoms with Gasteiger partial charge < -0.3 is 4.74 Å². The van der Waals surface area contributed by atoms with Crippen molar-refractivity contribution in [1.82, 2.24) is 5.43 Å². The third kappa shape index (κ3) is 7.09. The van der Waals surface area contributed by atoms with Crippen molar-refractivity contribution in [2.75, 3.05) is 13.2 Å². The van der Waals surface area contributed by atoms with Crippen LogP contribution in [0.1, 0.15) is 0 Å². The van der Waals surface area contributed by atoms with Gasteiger partial charge in [-0.15, -0.1) is 13.2 Å². The van der Waals surface area contributed by atoms with Gasteiger partial charge in [0, 0.05) is 0 Å². The van der Waals surface area contributed by atoms with Crippen molar-refractivity contribution in [1.29, 1.82) is 0 Å². The second-order valence-electron chi connectivity index (χ2n) is 1.57. The van der Waals surface area contributed by atoms with Crippen LogP contribution >= 0.6 is 0 Å². The Kier molecular flexibility index (Phi) is 4.37. The van der Waals surface area contributed by atoms with Crippen molar-refractivity contribution in [2.45, 2.75) is 6.36 Å². The monoisotopic (exact) mass is 188 g/mol. The van der Waals surface area contributed by atoms with Crippen LogP contribution in [-0.4, -0.2) is 25.7 Å². The Balaban J connectivity index is 3.28. The fraction of sp³-hybridized carbons (Fsp3) is 0.750. The summed E-state index contributed by atoms with van der Waals surface area (Å²) in [5.41, 5.74) is 1.56. The lowest BCUT2D eigenvalue weighted by Gasteiger charge is -2.07. The number of ether oxygens (including phenoxy) is 2. The quantitative estimate of drug-likeness (QED) is 0.285. The summed E-state index contributed by atoms with van der Waals surface area (Å²) in [6.07, 6.45) is -5.72. The maximum absolute atomic E-state index is 11.3. The summed E-state index contributed by atoms with van der Waals surface area (Å²) >= 11 is 0. The molecule has 12 heavy (non-hydrogen) atoms. The van der Waals surface area contributed by atoms with Crippen LogP contribution in [0, 0.1) is 0 Å². The predicted molar refractivity (Wildman–Crippen MR) is 30.7 cm³/mol. The van der Waals surface area contributed by atoms with Crippen LogP contribution < -0.4 is 11.3 Å². The lowest BCUT2D eigenvalue weighted by atomic mass is 10.8. The van der Waals surface area contributed by atoms with E-state index in [4.69, 9.17) is 0 Å². The average Bonchev–Trinajstić information content (AvgIpc) is 1.96. The molecule has 0 heterocycles. The molecule has 0 aromatic carbocycles. The van der Waals surface area contributed by atoms with Crippen LogP contribution in [0.2, 0.25) is 0 Å². The molecule has 5 nitrogen and oxygen atoms in total. The predicted octanol–water partition coefficient (Wildman–Crippen LogP) is 0.123. The zero-order valence-electron chi connectivity index (χ0n) is 5.85. The molecule has 0 rings (SSSR count). The molecule has 0 unspecified atom stereocenters. The number of carbonyl (C=O) groups is 1. The van der Waals surface area contributed by atoms with E-state index in [2.05, 4.69) is 15.3 Å². The van der Waals surface area contributed by atoms with E-state index < -0.39 is 25.7 Å². The molecule has 0 saturated heterocycles. The van der Waals surface area contributed by atoms with Crippen molar-refractivity contribution in [3.8, 4) is 0 Å². The van der Waals surface area contributed by atoms with E-state index in [1.165, 1.54) is 0 Å². The van der Waals surface area contributed by atoms with Gasteiger partial charge in [0.15, 0.2) is 0 Å². The molecular formula is C4H7F3N2O3. The van der Waals surface area contributed by atoms with Gasteiger partial charge in [0.1, 0.15) is 6.61 Å². The molecule has 72 valence electrons. The molecule has 0 aliphatic carbocycles. The summed E-state index contributed by atoms with van der Waals surface area (Å²) in [6, 6.07) is 0. The first-order chi connectivity index (χ1) is 5.45. The Hall–Kier alpha value is -1.02. The van der Waals surface area contributed by atoms with Crippen LogP contribution in [-0.2, 0) is 9.47 Å². The van der Waals surface area contributed by atoms with Crippen molar-refractivity contribution in [3.05, 3.63) is 0 Å². The Morgan fingerprint density at radius 3 is 2.42 bits per heavy atom. The van der Waals surface area contributed by atoms with Crippen LogP contribution in [0.3, 0.4) is 0 Å². The standard InChI is InChI=1S/C4H7F3N2O3/c5-4(6,7)12-2-1-11-3(10)9-8/h1-2,8H2,(H,9,10). The van der Waals surface area contributed by atoms with E-state index in [0.717, 1.165) is 0 Å². The summed E-state index contributed by atoms with van der Waals surface area (Å²) in [6.45, 7) is -1.26. The van der Waals surface area contributed by atoms with Gasteiger partial charge in [-0.25, -0.2) is 10.6 Å². The molecule has 0 saturated carbocycles. The van der Waals surface area contributed by atoms with E-state index in [9.17, 15) is 18.0 Å². The molecule has 8 heteroatoms. The van der Waals surface area contributed by atoms with E-state index in [0.29, 0.717) is 0 Å². The number of amides is 1. The fourth-order valence-electron chi connectivity index (χ4n) is 0.333. The number of nitrogens with one attached hydrogen (secondary N) is 1. The number of halogens is 3. The highest BCUT2D eigenvalue weighted by Crippen LogP contribution is 2.15. The SMILES string of the molecule is NNC(=O)OCCOC(F)(F)F. The molecule has 3 N–H and O–H groups in total. The Morgan fingerprint density at radius 1 is 1.42 bits per heavy atom. The van der Waals surface area contributed by atoms with Gasteiger partial charge in [-0.1, -0.05) is 0 Å². The lowest BCUT2D eigenvalue weighted by Crippen LogP contribution is -2.32. The highest BCUT2D eigenvalue weighted by molar-refractivity contribution is 5.66. The molecule has 0 aromatic rings. The molecule has 0 bridgehead atoms. The maximum Gasteiger partial charge on any atom is 0.522 e. The fourth-order valence-corrected chi connectivity index (χ4v) is 0.333. The van der Waals surface area contributed by atoms with Gasteiger partial charge >= 0.3 is 12.5 Å². The smallest absolute Gasteiger partial charge is 0.446 e. The van der Waals surface area contributed by atoms with Gasteiger partial charge in [-0.3, -0.25) is 10.2 Å². The highest BCUT2D eigenvalue weighted by Gasteiger charge is 2.28. The Bertz CT molecular complexity index is 149. The summed E-state index contributed by atoms with van der Waals surface area (Å²) in [7, 11) is 0. The molecule has 0 radical (unpaired) electrons. The zero-order valence-corrected chi connectivity index (χ0v) is 5.85. The Labute approximate surface area is 65.6 Å². The second-order valence-corrected chi connectivity index (χ2v) is 1.57. The molecule has 0 fully saturated rings. The molecule has 1 amide bonds. The van der Waals surface area contributed by atoms with Crippen LogP contribution in [0.15, 0.2) is 0 Å². The number of carbonyl (C=O) groups excluding carboxylic acids is 1. The minimum Gasteiger partial charge on any atom is -0.446 e. The zero-order chi connectivity index (χ0) is 9.61. The van der Waals surface area contributed by atoms with Crippen molar-refractivity contribution in [2.24, 2.45) is 5.84 Å². The molecule has 0 aliphatic heterocycles. The summed E-state index contributed by atoms with van der Waals surface area (Å²) < 4.78 is 41.1. The van der Waals surface area contributed by atoms with Gasteiger partial charge in [0.25, 0.3) is 0 Å². The van der Waals surface area contributed by atoms with Crippen molar-refractivity contribution < 1.29 is 27.4 Å². The third-order valence-electron chi connectivity index (χ3n) is 0.700. The summed E-state index contributed by atoms with van der Waals surface area (Å²) in [4.78, 5) is 10.1. The largest absolute Gasteiger partial charge is 0.522 e. The normalized spacial score (nSPS) is 11.0. The first-order valence-corrected chi connectivity index (χ1v) is 2.80. The number of hydrogen-bond donors (Lipinski definition) is 2. The summed E-state index contributed by atoms with van der Waals surface area (Å²) in [5.74, 6) is 4.55. The van der Waals surface area contributed by atoms with Crippen LogP contribution in [0.4, 0.5) is 18.0 Å². The van der Waals surface area contributed by atoms with Gasteiger partial charge in [-0.05, 0) is 0 Å². The minimum atomic E-state index is -4.71. The Morgan fingerprint density at radius 2 is 2.00 bits per heavy atom. The molecule has 0 atom stereocenters. The van der Waals surface area contributed by atoms with E-state index in [1.807, 2.05) is 0 Å². The topological polar surface area (TPSA) is 73.6 Å². The number of alkyl halides is 3. The molecule has 0 spiro atoms. The van der Waals surface area contributed by atoms with Crippen molar-refractivity contribution in [3.63, 3.8) is 0 Å². The van der Waals surface area contributed by atoms with Gasteiger partial charge in [0.05, 0.1) is 6.61 Å². The number of hydrazine groups is 1. The van der Waals surface area contributed by atoms with Gasteiger partial charge in [-0.2, -0.15) is 0 Å². The first-order valence-electron chi connectivity index (χ1n) is 2.80. The minimum absolute atomic E-state index is 0.511. The number of hydrogen-bond acceptors (Lipinski definition) is 4. The van der Waals surface area contributed by atoms with E-state index in [-0.39, 0.29) is 0 Å². The maximum atomic E-state index is 11.3. The number of nitrogens with two attached hydrogens (primary N) is 1. The summed E-state index contributed by atoms with van der Waals surface area (Å²) in [5, 5.41) is 0. The van der Waals surface area contributed by atoms with E-state index >= 15 is 0 Å². The van der Waals surface area contributed by atoms with Crippen molar-refractivity contribution >= 4 is 6.09 Å². The van der Waals surface area contributed by atoms with Gasteiger partial charge in [0.2, 0.25) is 0 Å². The molecular weight excluding hydrogens is 181 g/mol. The van der Waals surface area contributed by atoms with Crippen LogP contribution in [0.25, 0.3) is 0 Å². The van der Waals surface area contributed by atoms with E-state index in [1.54, 1.807) is 5.43 Å². The highest BCUT2D eigenvalue weighted by atomic mass is 19.4. The third-order valence-corrected chi connectivity index (χ3v) is 0.700. The molecule has 0 aromatic heterocycles. The number of rotatable bonds is 3. The first kappa shape index (κ1) is 11.0. The lowest BCUT2D eigenvalue weighted by molar-refractivity contribution is -0.326.